The van der Waals surface area contributed by atoms with Gasteiger partial charge in [-0.25, -0.2) is 4.39 Å². The van der Waals surface area contributed by atoms with Gasteiger partial charge in [0.05, 0.1) is 12.1 Å². The van der Waals surface area contributed by atoms with E-state index in [9.17, 15) is 9.50 Å². The van der Waals surface area contributed by atoms with E-state index in [4.69, 9.17) is 5.73 Å². The van der Waals surface area contributed by atoms with Crippen molar-refractivity contribution in [3.8, 4) is 0 Å². The highest BCUT2D eigenvalue weighted by Gasteiger charge is 2.28. The van der Waals surface area contributed by atoms with Crippen LogP contribution in [0.2, 0.25) is 0 Å². The highest BCUT2D eigenvalue weighted by atomic mass is 19.1. The predicted molar refractivity (Wildman–Crippen MR) is 65.9 cm³/mol. The van der Waals surface area contributed by atoms with Crippen LogP contribution in [-0.4, -0.2) is 11.2 Å². The monoisotopic (exact) mass is 237 g/mol. The second kappa shape index (κ2) is 5.61. The number of aliphatic hydroxyl groups is 1. The third-order valence-corrected chi connectivity index (χ3v) is 3.77. The SMILES string of the molecule is N[C@H](c1ccccc1F)[C@@H](O)C1CCCCC1. The van der Waals surface area contributed by atoms with E-state index in [1.165, 1.54) is 12.5 Å². The van der Waals surface area contributed by atoms with Crippen molar-refractivity contribution in [3.63, 3.8) is 0 Å². The molecule has 1 aliphatic rings. The van der Waals surface area contributed by atoms with Gasteiger partial charge in [-0.15, -0.1) is 0 Å². The number of aliphatic hydroxyl groups excluding tert-OH is 1. The molecule has 3 heteroatoms. The van der Waals surface area contributed by atoms with Crippen molar-refractivity contribution in [1.29, 1.82) is 0 Å². The molecule has 0 heterocycles. The van der Waals surface area contributed by atoms with Crippen LogP contribution in [0.1, 0.15) is 43.7 Å². The van der Waals surface area contributed by atoms with Gasteiger partial charge in [-0.1, -0.05) is 37.5 Å². The van der Waals surface area contributed by atoms with Crippen molar-refractivity contribution in [1.82, 2.24) is 0 Å². The Morgan fingerprint density at radius 2 is 1.82 bits per heavy atom. The van der Waals surface area contributed by atoms with Crippen LogP contribution < -0.4 is 5.73 Å². The van der Waals surface area contributed by atoms with Crippen LogP contribution in [0.15, 0.2) is 24.3 Å². The Morgan fingerprint density at radius 3 is 2.47 bits per heavy atom. The molecule has 0 amide bonds. The second-order valence-corrected chi connectivity index (χ2v) is 4.94. The zero-order chi connectivity index (χ0) is 12.3. The van der Waals surface area contributed by atoms with Gasteiger partial charge in [-0.2, -0.15) is 0 Å². The molecule has 0 saturated heterocycles. The van der Waals surface area contributed by atoms with Crippen molar-refractivity contribution >= 4 is 0 Å². The fraction of sp³-hybridized carbons (Fsp3) is 0.571. The molecule has 1 fully saturated rings. The van der Waals surface area contributed by atoms with E-state index in [0.29, 0.717) is 5.56 Å². The minimum absolute atomic E-state index is 0.221. The first-order valence-corrected chi connectivity index (χ1v) is 6.38. The third kappa shape index (κ3) is 2.85. The molecule has 1 aliphatic carbocycles. The Kier molecular flexibility index (Phi) is 4.13. The lowest BCUT2D eigenvalue weighted by Gasteiger charge is -2.30. The van der Waals surface area contributed by atoms with Crippen LogP contribution in [0.5, 0.6) is 0 Å². The summed E-state index contributed by atoms with van der Waals surface area (Å²) in [7, 11) is 0. The summed E-state index contributed by atoms with van der Waals surface area (Å²) in [5, 5.41) is 10.2. The molecule has 2 rings (SSSR count). The maximum Gasteiger partial charge on any atom is 0.128 e. The number of rotatable bonds is 3. The first-order chi connectivity index (χ1) is 8.20. The van der Waals surface area contributed by atoms with Crippen molar-refractivity contribution < 1.29 is 9.50 Å². The van der Waals surface area contributed by atoms with E-state index in [-0.39, 0.29) is 11.7 Å². The lowest BCUT2D eigenvalue weighted by Crippen LogP contribution is -2.34. The number of nitrogens with two attached hydrogens (primary N) is 1. The van der Waals surface area contributed by atoms with E-state index in [2.05, 4.69) is 0 Å². The predicted octanol–water partition coefficient (Wildman–Crippen LogP) is 2.77. The normalized spacial score (nSPS) is 21.1. The maximum atomic E-state index is 13.6. The van der Waals surface area contributed by atoms with Gasteiger partial charge >= 0.3 is 0 Å². The standard InChI is InChI=1S/C14H20FNO/c15-12-9-5-4-8-11(12)13(16)14(17)10-6-2-1-3-7-10/h4-5,8-10,13-14,17H,1-3,6-7,16H2/t13-,14+/m1/s1. The highest BCUT2D eigenvalue weighted by Crippen LogP contribution is 2.31. The Morgan fingerprint density at radius 1 is 1.18 bits per heavy atom. The van der Waals surface area contributed by atoms with E-state index in [1.807, 2.05) is 0 Å². The Bertz CT molecular complexity index is 363. The number of benzene rings is 1. The second-order valence-electron chi connectivity index (χ2n) is 4.94. The average molecular weight is 237 g/mol. The van der Waals surface area contributed by atoms with E-state index < -0.39 is 12.1 Å². The van der Waals surface area contributed by atoms with Gasteiger partial charge in [0.2, 0.25) is 0 Å². The topological polar surface area (TPSA) is 46.2 Å². The number of halogens is 1. The molecular weight excluding hydrogens is 217 g/mol. The van der Waals surface area contributed by atoms with Crippen molar-refractivity contribution in [3.05, 3.63) is 35.6 Å². The van der Waals surface area contributed by atoms with Crippen molar-refractivity contribution in [2.24, 2.45) is 11.7 Å². The van der Waals surface area contributed by atoms with Crippen LogP contribution in [0, 0.1) is 11.7 Å². The Hall–Kier alpha value is -0.930. The van der Waals surface area contributed by atoms with Gasteiger partial charge in [0.15, 0.2) is 0 Å². The van der Waals surface area contributed by atoms with Gasteiger partial charge in [0.1, 0.15) is 5.82 Å². The van der Waals surface area contributed by atoms with E-state index in [0.717, 1.165) is 25.7 Å². The van der Waals surface area contributed by atoms with Crippen molar-refractivity contribution in [2.45, 2.75) is 44.2 Å². The van der Waals surface area contributed by atoms with Gasteiger partial charge in [0.25, 0.3) is 0 Å². The van der Waals surface area contributed by atoms with Gasteiger partial charge < -0.3 is 10.8 Å². The first-order valence-electron chi connectivity index (χ1n) is 6.38. The molecule has 1 aromatic rings. The largest absolute Gasteiger partial charge is 0.391 e. The molecule has 17 heavy (non-hydrogen) atoms. The summed E-state index contributed by atoms with van der Waals surface area (Å²) < 4.78 is 13.6. The van der Waals surface area contributed by atoms with E-state index >= 15 is 0 Å². The number of hydrogen-bond donors (Lipinski definition) is 2. The molecule has 3 N–H and O–H groups in total. The smallest absolute Gasteiger partial charge is 0.128 e. The molecule has 0 radical (unpaired) electrons. The van der Waals surface area contributed by atoms with Crippen molar-refractivity contribution in [2.75, 3.05) is 0 Å². The molecule has 0 bridgehead atoms. The highest BCUT2D eigenvalue weighted by molar-refractivity contribution is 5.22. The summed E-state index contributed by atoms with van der Waals surface area (Å²) in [5.41, 5.74) is 6.40. The fourth-order valence-corrected chi connectivity index (χ4v) is 2.70. The summed E-state index contributed by atoms with van der Waals surface area (Å²) in [6.07, 6.45) is 4.90. The summed E-state index contributed by atoms with van der Waals surface area (Å²) >= 11 is 0. The first kappa shape index (κ1) is 12.5. The molecule has 94 valence electrons. The van der Waals surface area contributed by atoms with Crippen LogP contribution in [0.25, 0.3) is 0 Å². The van der Waals surface area contributed by atoms with Gasteiger partial charge in [0, 0.05) is 5.56 Å². The molecular formula is C14H20FNO. The van der Waals surface area contributed by atoms with Crippen LogP contribution in [0.3, 0.4) is 0 Å². The summed E-state index contributed by atoms with van der Waals surface area (Å²) in [4.78, 5) is 0. The minimum atomic E-state index is -0.632. The summed E-state index contributed by atoms with van der Waals surface area (Å²) in [5.74, 6) is -0.104. The molecule has 0 aromatic heterocycles. The molecule has 2 nitrogen and oxygen atoms in total. The van der Waals surface area contributed by atoms with Gasteiger partial charge in [-0.05, 0) is 24.8 Å². The molecule has 0 unspecified atom stereocenters. The third-order valence-electron chi connectivity index (χ3n) is 3.77. The molecule has 0 aliphatic heterocycles. The molecule has 2 atom stereocenters. The zero-order valence-electron chi connectivity index (χ0n) is 9.98. The van der Waals surface area contributed by atoms with Crippen LogP contribution in [0.4, 0.5) is 4.39 Å². The number of hydrogen-bond acceptors (Lipinski definition) is 2. The fourth-order valence-electron chi connectivity index (χ4n) is 2.70. The van der Waals surface area contributed by atoms with Gasteiger partial charge in [-0.3, -0.25) is 0 Å². The Labute approximate surface area is 102 Å². The van der Waals surface area contributed by atoms with Crippen LogP contribution in [-0.2, 0) is 0 Å². The summed E-state index contributed by atoms with van der Waals surface area (Å²) in [6, 6.07) is 5.83. The Balaban J connectivity index is 2.08. The lowest BCUT2D eigenvalue weighted by atomic mass is 9.81. The molecule has 1 aromatic carbocycles. The average Bonchev–Trinajstić information content (AvgIpc) is 2.39. The summed E-state index contributed by atoms with van der Waals surface area (Å²) in [6.45, 7) is 0. The van der Waals surface area contributed by atoms with Crippen LogP contribution >= 0.6 is 0 Å². The minimum Gasteiger partial charge on any atom is -0.391 e. The zero-order valence-corrected chi connectivity index (χ0v) is 9.98. The molecule has 1 saturated carbocycles. The van der Waals surface area contributed by atoms with E-state index in [1.54, 1.807) is 18.2 Å². The maximum absolute atomic E-state index is 13.6. The molecule has 0 spiro atoms. The lowest BCUT2D eigenvalue weighted by molar-refractivity contribution is 0.0608. The quantitative estimate of drug-likeness (QED) is 0.849.